The van der Waals surface area contributed by atoms with Gasteiger partial charge in [0.1, 0.15) is 12.1 Å². The van der Waals surface area contributed by atoms with Crippen LogP contribution in [0.25, 0.3) is 11.0 Å². The molecule has 1 heterocycles. The van der Waals surface area contributed by atoms with E-state index in [-0.39, 0.29) is 11.3 Å². The van der Waals surface area contributed by atoms with Gasteiger partial charge in [-0.2, -0.15) is 0 Å². The van der Waals surface area contributed by atoms with Gasteiger partial charge in [-0.1, -0.05) is 37.6 Å². The second-order valence-electron chi connectivity index (χ2n) is 12.6. The molecule has 184 valence electrons. The first kappa shape index (κ1) is 22.7. The van der Waals surface area contributed by atoms with Crippen molar-refractivity contribution in [1.29, 1.82) is 0 Å². The van der Waals surface area contributed by atoms with Crippen LogP contribution >= 0.6 is 0 Å². The van der Waals surface area contributed by atoms with E-state index in [1.54, 1.807) is 0 Å². The molecule has 1 aromatic carbocycles. The summed E-state index contributed by atoms with van der Waals surface area (Å²) in [4.78, 5) is 13.7. The molecule has 8 unspecified atom stereocenters. The quantitative estimate of drug-likeness (QED) is 0.552. The molecule has 0 saturated heterocycles. The Hall–Kier alpha value is -1.75. The molecular formula is C29H41N3O2. The Morgan fingerprint density at radius 2 is 1.94 bits per heavy atom. The monoisotopic (exact) mass is 463 g/mol. The maximum absolute atomic E-state index is 13.7. The summed E-state index contributed by atoms with van der Waals surface area (Å²) in [5.74, 6) is 4.45. The fourth-order valence-corrected chi connectivity index (χ4v) is 9.64. The van der Waals surface area contributed by atoms with E-state index in [4.69, 9.17) is 4.74 Å². The molecule has 0 aliphatic heterocycles. The summed E-state index contributed by atoms with van der Waals surface area (Å²) in [5, 5.41) is 8.58. The molecule has 0 bridgehead atoms. The molecule has 4 aliphatic rings. The lowest BCUT2D eigenvalue weighted by Gasteiger charge is -2.61. The Balaban J connectivity index is 1.24. The Morgan fingerprint density at radius 1 is 1.09 bits per heavy atom. The van der Waals surface area contributed by atoms with Crippen LogP contribution in [0, 0.1) is 46.3 Å². The first-order valence-corrected chi connectivity index (χ1v) is 13.8. The normalized spacial score (nSPS) is 41.6. The van der Waals surface area contributed by atoms with E-state index < -0.39 is 0 Å². The van der Waals surface area contributed by atoms with Crippen LogP contribution in [-0.2, 0) is 16.1 Å². The molecule has 34 heavy (non-hydrogen) atoms. The number of carbonyl (C=O) groups is 1. The zero-order valence-corrected chi connectivity index (χ0v) is 21.2. The summed E-state index contributed by atoms with van der Waals surface area (Å²) in [7, 11) is 1.92. The number of benzene rings is 1. The Labute approximate surface area is 204 Å². The zero-order chi connectivity index (χ0) is 23.5. The minimum Gasteiger partial charge on any atom is -0.384 e. The molecule has 4 fully saturated rings. The predicted molar refractivity (Wildman–Crippen MR) is 133 cm³/mol. The third-order valence-corrected chi connectivity index (χ3v) is 11.2. The number of methoxy groups -OCH3 is 1. The van der Waals surface area contributed by atoms with Crippen LogP contribution in [0.3, 0.4) is 0 Å². The van der Waals surface area contributed by atoms with Crippen LogP contribution in [0.15, 0.2) is 24.3 Å². The second-order valence-corrected chi connectivity index (χ2v) is 12.6. The number of ketones is 1. The minimum absolute atomic E-state index is 0.137. The molecule has 4 saturated carbocycles. The van der Waals surface area contributed by atoms with E-state index in [1.807, 2.05) is 36.1 Å². The van der Waals surface area contributed by atoms with Crippen molar-refractivity contribution in [2.75, 3.05) is 13.7 Å². The summed E-state index contributed by atoms with van der Waals surface area (Å²) in [5.41, 5.74) is 2.35. The van der Waals surface area contributed by atoms with Gasteiger partial charge in [-0.15, -0.1) is 5.10 Å². The molecule has 5 nitrogen and oxygen atoms in total. The van der Waals surface area contributed by atoms with Crippen molar-refractivity contribution in [3.8, 4) is 0 Å². The highest BCUT2D eigenvalue weighted by Gasteiger charge is 2.62. The van der Waals surface area contributed by atoms with Crippen LogP contribution in [0.2, 0.25) is 0 Å². The highest BCUT2D eigenvalue weighted by molar-refractivity contribution is 5.84. The van der Waals surface area contributed by atoms with Crippen LogP contribution in [0.5, 0.6) is 0 Å². The molecule has 6 rings (SSSR count). The van der Waals surface area contributed by atoms with Crippen LogP contribution in [-0.4, -0.2) is 34.5 Å². The number of hydrogen-bond acceptors (Lipinski definition) is 4. The van der Waals surface area contributed by atoms with Gasteiger partial charge in [0, 0.05) is 13.0 Å². The van der Waals surface area contributed by atoms with Crippen molar-refractivity contribution in [3.63, 3.8) is 0 Å². The van der Waals surface area contributed by atoms with Crippen molar-refractivity contribution in [3.05, 3.63) is 24.3 Å². The van der Waals surface area contributed by atoms with E-state index in [2.05, 4.69) is 24.2 Å². The van der Waals surface area contributed by atoms with Gasteiger partial charge in [-0.25, -0.2) is 4.68 Å². The number of nitrogens with zero attached hydrogens (tertiary/aromatic N) is 3. The van der Waals surface area contributed by atoms with Crippen molar-refractivity contribution in [1.82, 2.24) is 15.0 Å². The second kappa shape index (κ2) is 8.43. The van der Waals surface area contributed by atoms with Crippen LogP contribution in [0.1, 0.15) is 71.6 Å². The number of rotatable bonds is 5. The van der Waals surface area contributed by atoms with Crippen molar-refractivity contribution in [2.24, 2.45) is 46.3 Å². The molecule has 2 aromatic rings. The number of carbonyl (C=O) groups excluding carboxylic acids is 1. The van der Waals surface area contributed by atoms with Crippen molar-refractivity contribution in [2.45, 2.75) is 78.2 Å². The molecule has 4 aliphatic carbocycles. The van der Waals surface area contributed by atoms with Gasteiger partial charge in [0.2, 0.25) is 0 Å². The third-order valence-electron chi connectivity index (χ3n) is 11.2. The molecule has 8 atom stereocenters. The maximum atomic E-state index is 13.7. The average molecular weight is 464 g/mol. The average Bonchev–Trinajstić information content (AvgIpc) is 3.40. The van der Waals surface area contributed by atoms with Crippen LogP contribution in [0.4, 0.5) is 0 Å². The van der Waals surface area contributed by atoms with E-state index in [1.165, 1.54) is 51.4 Å². The summed E-state index contributed by atoms with van der Waals surface area (Å²) in [6.07, 6.45) is 11.6. The topological polar surface area (TPSA) is 57.0 Å². The smallest absolute Gasteiger partial charge is 0.157 e. The molecule has 0 radical (unpaired) electrons. The molecule has 1 aromatic heterocycles. The number of Topliss-reactive ketones (excluding diaryl/α,β-unsaturated/α-hetero) is 1. The van der Waals surface area contributed by atoms with E-state index in [0.29, 0.717) is 23.7 Å². The van der Waals surface area contributed by atoms with Gasteiger partial charge in [-0.05, 0) is 104 Å². The Kier molecular flexibility index (Phi) is 5.63. The minimum atomic E-state index is 0.137. The lowest BCUT2D eigenvalue weighted by atomic mass is 9.44. The van der Waals surface area contributed by atoms with Crippen molar-refractivity contribution >= 4 is 16.8 Å². The largest absolute Gasteiger partial charge is 0.384 e. The molecular weight excluding hydrogens is 422 g/mol. The number of para-hydroxylation sites is 1. The lowest BCUT2D eigenvalue weighted by Crippen LogP contribution is -2.56. The van der Waals surface area contributed by atoms with Gasteiger partial charge in [0.05, 0.1) is 12.1 Å². The SMILES string of the molecule is COCC12CCC(C)CC1CCC1C3CCC(C(=O)Cn4nnc5ccccc54)C3(C)CCC12. The first-order chi connectivity index (χ1) is 16.5. The van der Waals surface area contributed by atoms with E-state index in [0.717, 1.165) is 47.7 Å². The van der Waals surface area contributed by atoms with Gasteiger partial charge < -0.3 is 4.74 Å². The van der Waals surface area contributed by atoms with E-state index >= 15 is 0 Å². The first-order valence-electron chi connectivity index (χ1n) is 13.8. The Bertz CT molecular complexity index is 1060. The zero-order valence-electron chi connectivity index (χ0n) is 21.2. The number of hydrogen-bond donors (Lipinski definition) is 0. The summed E-state index contributed by atoms with van der Waals surface area (Å²) in [6, 6.07) is 7.96. The summed E-state index contributed by atoms with van der Waals surface area (Å²) in [6.45, 7) is 6.21. The number of fused-ring (bicyclic) bond motifs is 6. The predicted octanol–water partition coefficient (Wildman–Crippen LogP) is 5.92. The van der Waals surface area contributed by atoms with Crippen molar-refractivity contribution < 1.29 is 9.53 Å². The highest BCUT2D eigenvalue weighted by atomic mass is 16.5. The molecule has 0 N–H and O–H groups in total. The fraction of sp³-hybridized carbons (Fsp3) is 0.759. The summed E-state index contributed by atoms with van der Waals surface area (Å²) >= 11 is 0. The maximum Gasteiger partial charge on any atom is 0.157 e. The van der Waals surface area contributed by atoms with Gasteiger partial charge >= 0.3 is 0 Å². The fourth-order valence-electron chi connectivity index (χ4n) is 9.64. The van der Waals surface area contributed by atoms with Gasteiger partial charge in [0.25, 0.3) is 0 Å². The van der Waals surface area contributed by atoms with Gasteiger partial charge in [-0.3, -0.25) is 4.79 Å². The van der Waals surface area contributed by atoms with Gasteiger partial charge in [0.15, 0.2) is 5.78 Å². The number of ether oxygens (including phenoxy) is 1. The van der Waals surface area contributed by atoms with Crippen LogP contribution < -0.4 is 0 Å². The molecule has 5 heteroatoms. The standard InChI is InChI=1S/C29H41N3O2/c1-19-12-15-29(18-34-3)20(16-19)8-9-21-22-10-11-24(28(22,2)14-13-23(21)29)27(33)17-32-26-7-5-4-6-25(26)30-31-32/h4-7,19-24H,8-18H2,1-3H3. The Morgan fingerprint density at radius 3 is 2.79 bits per heavy atom. The van der Waals surface area contributed by atoms with E-state index in [9.17, 15) is 4.79 Å². The molecule has 0 spiro atoms. The third kappa shape index (κ3) is 3.32. The highest BCUT2D eigenvalue weighted by Crippen LogP contribution is 2.68. The number of aromatic nitrogens is 3. The lowest BCUT2D eigenvalue weighted by molar-refractivity contribution is -0.154. The summed E-state index contributed by atoms with van der Waals surface area (Å²) < 4.78 is 7.77. The molecule has 0 amide bonds.